The van der Waals surface area contributed by atoms with Crippen molar-refractivity contribution < 1.29 is 0 Å². The average molecular weight is 346 g/mol. The third-order valence-corrected chi connectivity index (χ3v) is 4.66. The molecule has 1 heterocycles. The van der Waals surface area contributed by atoms with Gasteiger partial charge in [0, 0.05) is 35.6 Å². The zero-order valence-electron chi connectivity index (χ0n) is 13.8. The smallest absolute Gasteiger partial charge is 0.173 e. The molecule has 1 aromatic carbocycles. The molecule has 0 spiro atoms. The van der Waals surface area contributed by atoms with Crippen molar-refractivity contribution in [2.24, 2.45) is 0 Å². The van der Waals surface area contributed by atoms with Gasteiger partial charge in [0.1, 0.15) is 0 Å². The van der Waals surface area contributed by atoms with Crippen LogP contribution in [0.25, 0.3) is 0 Å². The number of aromatic nitrogens is 1. The molecule has 0 unspecified atom stereocenters. The van der Waals surface area contributed by atoms with E-state index in [0.29, 0.717) is 6.04 Å². The van der Waals surface area contributed by atoms with E-state index in [0.717, 1.165) is 23.8 Å². The Morgan fingerprint density at radius 3 is 2.65 bits per heavy atom. The fourth-order valence-corrected chi connectivity index (χ4v) is 3.17. The van der Waals surface area contributed by atoms with Crippen molar-refractivity contribution >= 4 is 34.8 Å². The predicted octanol–water partition coefficient (Wildman–Crippen LogP) is 4.45. The summed E-state index contributed by atoms with van der Waals surface area (Å²) in [5.41, 5.74) is 2.31. The molecule has 0 bridgehead atoms. The molecule has 5 heteroatoms. The number of thiocarbonyl (C=S) groups is 1. The third-order valence-electron chi connectivity index (χ3n) is 3.60. The highest BCUT2D eigenvalue weighted by molar-refractivity contribution is 7.98. The average Bonchev–Trinajstić information content (AvgIpc) is 2.56. The van der Waals surface area contributed by atoms with Gasteiger partial charge in [-0.15, -0.1) is 11.8 Å². The van der Waals surface area contributed by atoms with Gasteiger partial charge in [0.15, 0.2) is 5.11 Å². The Balaban J connectivity index is 2.00. The summed E-state index contributed by atoms with van der Waals surface area (Å²) in [5.74, 6) is 0. The van der Waals surface area contributed by atoms with Crippen molar-refractivity contribution in [3.63, 3.8) is 0 Å². The van der Waals surface area contributed by atoms with E-state index >= 15 is 0 Å². The van der Waals surface area contributed by atoms with Gasteiger partial charge in [0.05, 0.1) is 0 Å². The molecule has 1 N–H and O–H groups in total. The lowest BCUT2D eigenvalue weighted by molar-refractivity contribution is 0.358. The minimum Gasteiger partial charge on any atom is -0.346 e. The van der Waals surface area contributed by atoms with Crippen molar-refractivity contribution in [3.05, 3.63) is 54.4 Å². The van der Waals surface area contributed by atoms with Gasteiger partial charge in [-0.1, -0.05) is 6.07 Å². The van der Waals surface area contributed by atoms with Gasteiger partial charge in [-0.2, -0.15) is 0 Å². The van der Waals surface area contributed by atoms with Gasteiger partial charge in [-0.3, -0.25) is 4.98 Å². The Labute approximate surface area is 148 Å². The van der Waals surface area contributed by atoms with Crippen LogP contribution in [0.15, 0.2) is 53.7 Å². The minimum atomic E-state index is 0.348. The lowest BCUT2D eigenvalue weighted by Crippen LogP contribution is -2.41. The first kappa shape index (κ1) is 17.8. The molecular formula is C18H23N3S2. The van der Waals surface area contributed by atoms with Crippen LogP contribution in [0.5, 0.6) is 0 Å². The summed E-state index contributed by atoms with van der Waals surface area (Å²) in [5, 5.41) is 4.14. The monoisotopic (exact) mass is 345 g/mol. The van der Waals surface area contributed by atoms with Crippen LogP contribution in [0.2, 0.25) is 0 Å². The molecule has 2 rings (SSSR count). The Morgan fingerprint density at radius 1 is 1.26 bits per heavy atom. The molecule has 0 atom stereocenters. The van der Waals surface area contributed by atoms with Gasteiger partial charge in [0.25, 0.3) is 0 Å². The van der Waals surface area contributed by atoms with Crippen LogP contribution >= 0.6 is 24.0 Å². The Morgan fingerprint density at radius 2 is 2.00 bits per heavy atom. The van der Waals surface area contributed by atoms with Crippen LogP contribution in [-0.4, -0.2) is 33.8 Å². The van der Waals surface area contributed by atoms with E-state index in [1.54, 1.807) is 11.8 Å². The molecule has 3 nitrogen and oxygen atoms in total. The second kappa shape index (κ2) is 8.89. The summed E-state index contributed by atoms with van der Waals surface area (Å²) >= 11 is 7.35. The fraction of sp³-hybridized carbons (Fsp3) is 0.333. The maximum Gasteiger partial charge on any atom is 0.173 e. The van der Waals surface area contributed by atoms with Crippen LogP contribution in [-0.2, 0) is 6.42 Å². The van der Waals surface area contributed by atoms with E-state index in [-0.39, 0.29) is 0 Å². The molecular weight excluding hydrogens is 322 g/mol. The zero-order valence-corrected chi connectivity index (χ0v) is 15.5. The zero-order chi connectivity index (χ0) is 16.7. The van der Waals surface area contributed by atoms with Crippen LogP contribution in [0.4, 0.5) is 5.69 Å². The van der Waals surface area contributed by atoms with E-state index in [1.165, 1.54) is 10.5 Å². The topological polar surface area (TPSA) is 28.2 Å². The van der Waals surface area contributed by atoms with E-state index in [9.17, 15) is 0 Å². The van der Waals surface area contributed by atoms with Crippen LogP contribution in [0.1, 0.15) is 19.4 Å². The number of hydrogen-bond acceptors (Lipinski definition) is 3. The standard InChI is InChI=1S/C18H23N3S2/c1-14(2)21(12-9-15-7-10-19-11-8-15)18(22)20-16-5-4-6-17(13-16)23-3/h4-8,10-11,13-14H,9,12H2,1-3H3,(H,20,22). The molecule has 0 saturated heterocycles. The highest BCUT2D eigenvalue weighted by Gasteiger charge is 2.13. The first-order valence-electron chi connectivity index (χ1n) is 7.70. The number of thioether (sulfide) groups is 1. The number of rotatable bonds is 6. The number of pyridine rings is 1. The van der Waals surface area contributed by atoms with Crippen molar-refractivity contribution in [2.75, 3.05) is 18.1 Å². The quantitative estimate of drug-likeness (QED) is 0.617. The van der Waals surface area contributed by atoms with Crippen molar-refractivity contribution in [3.8, 4) is 0 Å². The van der Waals surface area contributed by atoms with Crippen LogP contribution in [0, 0.1) is 0 Å². The Hall–Kier alpha value is -1.59. The number of nitrogens with one attached hydrogen (secondary N) is 1. The number of nitrogens with zero attached hydrogens (tertiary/aromatic N) is 2. The Kier molecular flexibility index (Phi) is 6.86. The van der Waals surface area contributed by atoms with E-state index in [4.69, 9.17) is 12.2 Å². The van der Waals surface area contributed by atoms with Crippen molar-refractivity contribution in [2.45, 2.75) is 31.2 Å². The molecule has 0 radical (unpaired) electrons. The summed E-state index contributed by atoms with van der Waals surface area (Å²) in [6.07, 6.45) is 6.69. The first-order valence-corrected chi connectivity index (χ1v) is 9.34. The molecule has 0 aliphatic carbocycles. The molecule has 0 saturated carbocycles. The van der Waals surface area contributed by atoms with E-state index in [2.05, 4.69) is 59.6 Å². The van der Waals surface area contributed by atoms with Gasteiger partial charge in [-0.25, -0.2) is 0 Å². The Bertz CT molecular complexity index is 629. The van der Waals surface area contributed by atoms with Crippen LogP contribution in [0.3, 0.4) is 0 Å². The molecule has 0 aliphatic heterocycles. The normalized spacial score (nSPS) is 10.6. The van der Waals surface area contributed by atoms with Crippen LogP contribution < -0.4 is 5.32 Å². The van der Waals surface area contributed by atoms with Gasteiger partial charge >= 0.3 is 0 Å². The third kappa shape index (κ3) is 5.52. The maximum atomic E-state index is 5.62. The van der Waals surface area contributed by atoms with E-state index in [1.807, 2.05) is 24.5 Å². The number of benzene rings is 1. The number of anilines is 1. The van der Waals surface area contributed by atoms with E-state index < -0.39 is 0 Å². The molecule has 0 fully saturated rings. The molecule has 1 aromatic heterocycles. The van der Waals surface area contributed by atoms with Gasteiger partial charge < -0.3 is 10.2 Å². The maximum absolute atomic E-state index is 5.62. The largest absolute Gasteiger partial charge is 0.346 e. The fourth-order valence-electron chi connectivity index (χ4n) is 2.29. The second-order valence-corrected chi connectivity index (χ2v) is 6.82. The second-order valence-electron chi connectivity index (χ2n) is 5.55. The molecule has 23 heavy (non-hydrogen) atoms. The van der Waals surface area contributed by atoms with Crippen molar-refractivity contribution in [1.29, 1.82) is 0 Å². The highest BCUT2D eigenvalue weighted by atomic mass is 32.2. The first-order chi connectivity index (χ1) is 11.1. The summed E-state index contributed by atoms with van der Waals surface area (Å²) in [6, 6.07) is 12.8. The number of hydrogen-bond donors (Lipinski definition) is 1. The summed E-state index contributed by atoms with van der Waals surface area (Å²) < 4.78 is 0. The minimum absolute atomic E-state index is 0.348. The summed E-state index contributed by atoms with van der Waals surface area (Å²) in [6.45, 7) is 5.22. The lowest BCUT2D eigenvalue weighted by Gasteiger charge is -2.30. The van der Waals surface area contributed by atoms with Gasteiger partial charge in [0.2, 0.25) is 0 Å². The van der Waals surface area contributed by atoms with Gasteiger partial charge in [-0.05, 0) is 74.6 Å². The lowest BCUT2D eigenvalue weighted by atomic mass is 10.2. The summed E-state index contributed by atoms with van der Waals surface area (Å²) in [7, 11) is 0. The molecule has 2 aromatic rings. The highest BCUT2D eigenvalue weighted by Crippen LogP contribution is 2.19. The summed E-state index contributed by atoms with van der Waals surface area (Å²) in [4.78, 5) is 7.51. The predicted molar refractivity (Wildman–Crippen MR) is 104 cm³/mol. The molecule has 122 valence electrons. The SMILES string of the molecule is CSc1cccc(NC(=S)N(CCc2ccncc2)C(C)C)c1. The molecule has 0 amide bonds. The van der Waals surface area contributed by atoms with Crippen molar-refractivity contribution in [1.82, 2.24) is 9.88 Å². The molecule has 0 aliphatic rings.